The van der Waals surface area contributed by atoms with Gasteiger partial charge in [-0.15, -0.1) is 0 Å². The molecule has 8 heteroatoms. The average molecular weight is 381 g/mol. The maximum Gasteiger partial charge on any atom is 0.413 e. The van der Waals surface area contributed by atoms with Crippen molar-refractivity contribution in [1.29, 1.82) is 0 Å². The molecule has 0 aliphatic carbocycles. The minimum absolute atomic E-state index is 0.0946. The van der Waals surface area contributed by atoms with Gasteiger partial charge in [0, 0.05) is 24.7 Å². The van der Waals surface area contributed by atoms with E-state index < -0.39 is 23.1 Å². The quantitative estimate of drug-likeness (QED) is 0.729. The number of nitrogen functional groups attached to an aromatic ring is 1. The third kappa shape index (κ3) is 3.96. The molecule has 3 rings (SSSR count). The normalized spacial score (nSPS) is 25.8. The van der Waals surface area contributed by atoms with Crippen LogP contribution in [0.25, 0.3) is 0 Å². The first-order chi connectivity index (χ1) is 12.2. The van der Waals surface area contributed by atoms with Crippen LogP contribution >= 0.6 is 11.8 Å². The highest BCUT2D eigenvalue weighted by Gasteiger charge is 2.46. The molecular weight excluding hydrogens is 357 g/mol. The van der Waals surface area contributed by atoms with Crippen LogP contribution in [0.2, 0.25) is 0 Å². The summed E-state index contributed by atoms with van der Waals surface area (Å²) in [4.78, 5) is 17.0. The molecule has 6 nitrogen and oxygen atoms in total. The van der Waals surface area contributed by atoms with E-state index in [0.29, 0.717) is 24.8 Å². The Labute approximate surface area is 156 Å². The smallest absolute Gasteiger partial charge is 0.413 e. The highest BCUT2D eigenvalue weighted by atomic mass is 32.2. The summed E-state index contributed by atoms with van der Waals surface area (Å²) >= 11 is 1.46. The Morgan fingerprint density at radius 3 is 2.96 bits per heavy atom. The van der Waals surface area contributed by atoms with E-state index in [-0.39, 0.29) is 11.6 Å². The Morgan fingerprint density at radius 2 is 2.27 bits per heavy atom. The van der Waals surface area contributed by atoms with Gasteiger partial charge in [-0.25, -0.2) is 9.18 Å². The number of aliphatic imine (C=N–C) groups is 1. The van der Waals surface area contributed by atoms with Gasteiger partial charge in [-0.1, -0.05) is 17.8 Å². The predicted octanol–water partition coefficient (Wildman–Crippen LogP) is 3.27. The highest BCUT2D eigenvalue weighted by Crippen LogP contribution is 2.45. The number of nitrogens with one attached hydrogen (secondary N) is 1. The molecule has 2 aliphatic rings. The van der Waals surface area contributed by atoms with Crippen molar-refractivity contribution in [2.45, 2.75) is 38.3 Å². The molecule has 1 saturated heterocycles. The van der Waals surface area contributed by atoms with Crippen LogP contribution in [0.3, 0.4) is 0 Å². The van der Waals surface area contributed by atoms with Gasteiger partial charge in [0.2, 0.25) is 0 Å². The fourth-order valence-corrected chi connectivity index (χ4v) is 4.35. The van der Waals surface area contributed by atoms with Crippen LogP contribution in [0.15, 0.2) is 23.2 Å². The summed E-state index contributed by atoms with van der Waals surface area (Å²) in [7, 11) is 0. The maximum atomic E-state index is 13.6. The largest absolute Gasteiger partial charge is 0.444 e. The second kappa shape index (κ2) is 7.08. The van der Waals surface area contributed by atoms with Crippen molar-refractivity contribution in [3.63, 3.8) is 0 Å². The van der Waals surface area contributed by atoms with Crippen LogP contribution in [0, 0.1) is 11.7 Å². The van der Waals surface area contributed by atoms with Crippen LogP contribution in [0.5, 0.6) is 0 Å². The number of hydrogen-bond donors (Lipinski definition) is 2. The highest BCUT2D eigenvalue weighted by molar-refractivity contribution is 8.13. The molecular formula is C18H24FN3O3S. The van der Waals surface area contributed by atoms with Gasteiger partial charge in [0.25, 0.3) is 0 Å². The van der Waals surface area contributed by atoms with E-state index in [1.54, 1.807) is 32.9 Å². The lowest BCUT2D eigenvalue weighted by Gasteiger charge is -2.44. The molecule has 26 heavy (non-hydrogen) atoms. The number of benzene rings is 1. The maximum absolute atomic E-state index is 13.6. The number of anilines is 1. The van der Waals surface area contributed by atoms with E-state index in [0.717, 1.165) is 11.3 Å². The predicted molar refractivity (Wildman–Crippen MR) is 101 cm³/mol. The van der Waals surface area contributed by atoms with Crippen molar-refractivity contribution in [2.24, 2.45) is 10.9 Å². The zero-order chi connectivity index (χ0) is 18.9. The van der Waals surface area contributed by atoms with Crippen molar-refractivity contribution in [3.05, 3.63) is 29.6 Å². The Morgan fingerprint density at radius 1 is 1.50 bits per heavy atom. The lowest BCUT2D eigenvalue weighted by atomic mass is 9.75. The molecule has 0 radical (unpaired) electrons. The van der Waals surface area contributed by atoms with Crippen LogP contribution < -0.4 is 11.1 Å². The number of halogens is 1. The van der Waals surface area contributed by atoms with Crippen molar-refractivity contribution in [3.8, 4) is 0 Å². The number of carbonyl (C=O) groups is 1. The summed E-state index contributed by atoms with van der Waals surface area (Å²) in [6.07, 6.45) is 0.103. The third-order valence-corrected chi connectivity index (χ3v) is 5.48. The molecule has 3 N–H and O–H groups in total. The summed E-state index contributed by atoms with van der Waals surface area (Å²) in [5.74, 6) is 0.400. The fourth-order valence-electron chi connectivity index (χ4n) is 3.23. The minimum atomic E-state index is -0.589. The van der Waals surface area contributed by atoms with Gasteiger partial charge in [0.05, 0.1) is 17.8 Å². The van der Waals surface area contributed by atoms with Crippen molar-refractivity contribution < 1.29 is 18.7 Å². The summed E-state index contributed by atoms with van der Waals surface area (Å²) < 4.78 is 24.6. The molecule has 2 aliphatic heterocycles. The first-order valence-electron chi connectivity index (χ1n) is 8.55. The molecule has 1 aromatic carbocycles. The summed E-state index contributed by atoms with van der Waals surface area (Å²) in [6.45, 7) is 6.52. The average Bonchev–Trinajstić information content (AvgIpc) is 2.55. The number of alkyl carbamates (subject to hydrolysis) is 1. The van der Waals surface area contributed by atoms with Gasteiger partial charge in [0.15, 0.2) is 5.17 Å². The molecule has 142 valence electrons. The topological polar surface area (TPSA) is 85.9 Å². The third-order valence-electron chi connectivity index (χ3n) is 4.45. The first-order valence-corrected chi connectivity index (χ1v) is 9.54. The monoisotopic (exact) mass is 381 g/mol. The number of carbonyl (C=O) groups excluding carboxylic acids is 1. The molecule has 2 heterocycles. The summed E-state index contributed by atoms with van der Waals surface area (Å²) in [6, 6.07) is 4.72. The van der Waals surface area contributed by atoms with E-state index in [9.17, 15) is 9.18 Å². The summed E-state index contributed by atoms with van der Waals surface area (Å²) in [5.41, 5.74) is 5.54. The zero-order valence-corrected chi connectivity index (χ0v) is 16.0. The van der Waals surface area contributed by atoms with E-state index in [4.69, 9.17) is 20.2 Å². The van der Waals surface area contributed by atoms with Crippen molar-refractivity contribution in [1.82, 2.24) is 5.32 Å². The number of fused-ring (bicyclic) bond motifs is 1. The van der Waals surface area contributed by atoms with Gasteiger partial charge >= 0.3 is 6.09 Å². The fraction of sp³-hybridized carbons (Fsp3) is 0.556. The lowest BCUT2D eigenvalue weighted by molar-refractivity contribution is 0.00991. The SMILES string of the molecule is CC(C)(C)OC(=O)NC1=N[C@@]2(c3ccc(F)c(N)c3)CCOCC2CS1. The van der Waals surface area contributed by atoms with E-state index in [2.05, 4.69) is 5.32 Å². The van der Waals surface area contributed by atoms with E-state index in [1.165, 1.54) is 17.8 Å². The van der Waals surface area contributed by atoms with Crippen LogP contribution in [-0.2, 0) is 15.0 Å². The Balaban J connectivity index is 1.92. The second-order valence-electron chi connectivity index (χ2n) is 7.54. The van der Waals surface area contributed by atoms with Gasteiger partial charge in [-0.2, -0.15) is 0 Å². The number of hydrogen-bond acceptors (Lipinski definition) is 6. The van der Waals surface area contributed by atoms with Gasteiger partial charge in [-0.3, -0.25) is 10.3 Å². The minimum Gasteiger partial charge on any atom is -0.444 e. The van der Waals surface area contributed by atoms with Crippen molar-refractivity contribution in [2.75, 3.05) is 24.7 Å². The Hall–Kier alpha value is -1.80. The number of amidine groups is 1. The van der Waals surface area contributed by atoms with Gasteiger partial charge in [0.1, 0.15) is 11.4 Å². The molecule has 2 atom stereocenters. The number of nitrogens with two attached hydrogens (primary N) is 1. The molecule has 1 aromatic rings. The van der Waals surface area contributed by atoms with Crippen LogP contribution in [-0.4, -0.2) is 35.8 Å². The molecule has 0 spiro atoms. The zero-order valence-electron chi connectivity index (χ0n) is 15.2. The molecule has 1 fully saturated rings. The van der Waals surface area contributed by atoms with E-state index in [1.807, 2.05) is 0 Å². The summed E-state index contributed by atoms with van der Waals surface area (Å²) in [5, 5.41) is 3.23. The molecule has 0 bridgehead atoms. The number of ether oxygens (including phenoxy) is 2. The number of thioether (sulfide) groups is 1. The first kappa shape index (κ1) is 19.0. The van der Waals surface area contributed by atoms with Gasteiger partial charge in [-0.05, 0) is 38.5 Å². The van der Waals surface area contributed by atoms with E-state index >= 15 is 0 Å². The Bertz CT molecular complexity index is 735. The second-order valence-corrected chi connectivity index (χ2v) is 8.55. The molecule has 1 amide bonds. The Kier molecular flexibility index (Phi) is 5.16. The lowest BCUT2D eigenvalue weighted by Crippen LogP contribution is -2.48. The van der Waals surface area contributed by atoms with Gasteiger partial charge < -0.3 is 15.2 Å². The molecule has 0 saturated carbocycles. The van der Waals surface area contributed by atoms with Crippen LogP contribution in [0.4, 0.5) is 14.9 Å². The van der Waals surface area contributed by atoms with Crippen LogP contribution in [0.1, 0.15) is 32.8 Å². The number of nitrogens with zero attached hydrogens (tertiary/aromatic N) is 1. The molecule has 0 aromatic heterocycles. The standard InChI is InChI=1S/C18H24FN3O3S/c1-17(2,3)25-16(23)21-15-22-18(6-7-24-9-12(18)10-26-15)11-4-5-13(19)14(20)8-11/h4-5,8,12H,6-7,9-10,20H2,1-3H3,(H,21,22,23)/t12?,18-/m1/s1. The molecule has 1 unspecified atom stereocenters. The van der Waals surface area contributed by atoms with Crippen molar-refractivity contribution >= 4 is 28.7 Å². The number of amides is 1. The number of rotatable bonds is 1.